The van der Waals surface area contributed by atoms with Crippen molar-refractivity contribution >= 4 is 41.5 Å². The third-order valence-electron chi connectivity index (χ3n) is 5.62. The Morgan fingerprint density at radius 1 is 1.13 bits per heavy atom. The summed E-state index contributed by atoms with van der Waals surface area (Å²) in [6.07, 6.45) is 3.23. The molecule has 0 radical (unpaired) electrons. The number of carbonyl (C=O) groups excluding carboxylic acids is 1. The van der Waals surface area contributed by atoms with Crippen molar-refractivity contribution in [1.29, 1.82) is 0 Å². The maximum absolute atomic E-state index is 11.9. The highest BCUT2D eigenvalue weighted by Gasteiger charge is 2.22. The first-order chi connectivity index (χ1) is 14.7. The summed E-state index contributed by atoms with van der Waals surface area (Å²) < 4.78 is 4.93. The first-order valence-corrected chi connectivity index (χ1v) is 10.8. The molecule has 3 heterocycles. The predicted molar refractivity (Wildman–Crippen MR) is 132 cm³/mol. The molecule has 0 spiro atoms. The smallest absolute Gasteiger partial charge is 0.227 e. The van der Waals surface area contributed by atoms with Crippen molar-refractivity contribution in [2.24, 2.45) is 4.99 Å². The summed E-state index contributed by atoms with van der Waals surface area (Å²) in [6, 6.07) is 10.1. The van der Waals surface area contributed by atoms with Gasteiger partial charge in [-0.3, -0.25) is 9.69 Å². The van der Waals surface area contributed by atoms with Crippen LogP contribution in [0.4, 0.5) is 5.69 Å². The molecular formula is C22H31IN6O2. The van der Waals surface area contributed by atoms with Gasteiger partial charge in [0.15, 0.2) is 5.96 Å². The number of benzene rings is 1. The van der Waals surface area contributed by atoms with Gasteiger partial charge in [-0.1, -0.05) is 17.3 Å². The van der Waals surface area contributed by atoms with E-state index in [1.54, 1.807) is 6.26 Å². The van der Waals surface area contributed by atoms with E-state index in [1.165, 1.54) is 0 Å². The van der Waals surface area contributed by atoms with Crippen LogP contribution in [0.1, 0.15) is 31.0 Å². The Bertz CT molecular complexity index is 847. The van der Waals surface area contributed by atoms with Crippen molar-refractivity contribution in [3.8, 4) is 0 Å². The number of anilines is 1. The van der Waals surface area contributed by atoms with Crippen molar-refractivity contribution in [3.05, 3.63) is 47.9 Å². The monoisotopic (exact) mass is 538 g/mol. The number of nitrogens with zero attached hydrogens (tertiary/aromatic N) is 5. The summed E-state index contributed by atoms with van der Waals surface area (Å²) in [7, 11) is 0. The van der Waals surface area contributed by atoms with Crippen molar-refractivity contribution in [2.45, 2.75) is 32.9 Å². The molecule has 1 aromatic heterocycles. The molecule has 1 N–H and O–H groups in total. The summed E-state index contributed by atoms with van der Waals surface area (Å²) in [5.74, 6) is 1.18. The SMILES string of the molecule is CCNC(=NCc1ccc(N2CCCC2=O)cc1)N1CCN(Cc2ccon2)CC1.I. The highest BCUT2D eigenvalue weighted by Crippen LogP contribution is 2.21. The number of hydrogen-bond acceptors (Lipinski definition) is 5. The largest absolute Gasteiger partial charge is 0.364 e. The minimum absolute atomic E-state index is 0. The van der Waals surface area contributed by atoms with Crippen LogP contribution in [0.25, 0.3) is 0 Å². The number of aromatic nitrogens is 1. The Morgan fingerprint density at radius 2 is 1.90 bits per heavy atom. The molecule has 31 heavy (non-hydrogen) atoms. The molecule has 1 aromatic carbocycles. The lowest BCUT2D eigenvalue weighted by molar-refractivity contribution is -0.117. The fourth-order valence-corrected chi connectivity index (χ4v) is 3.96. The van der Waals surface area contributed by atoms with E-state index in [4.69, 9.17) is 9.52 Å². The van der Waals surface area contributed by atoms with E-state index < -0.39 is 0 Å². The number of halogens is 1. The lowest BCUT2D eigenvalue weighted by atomic mass is 10.2. The lowest BCUT2D eigenvalue weighted by Crippen LogP contribution is -2.52. The molecule has 0 atom stereocenters. The Morgan fingerprint density at radius 3 is 2.52 bits per heavy atom. The van der Waals surface area contributed by atoms with E-state index in [9.17, 15) is 4.79 Å². The number of rotatable bonds is 6. The molecule has 0 unspecified atom stereocenters. The number of nitrogens with one attached hydrogen (secondary N) is 1. The number of amides is 1. The minimum Gasteiger partial charge on any atom is -0.364 e. The fourth-order valence-electron chi connectivity index (χ4n) is 3.96. The number of piperazine rings is 1. The highest BCUT2D eigenvalue weighted by atomic mass is 127. The predicted octanol–water partition coefficient (Wildman–Crippen LogP) is 2.70. The van der Waals surface area contributed by atoms with Crippen LogP contribution in [0.3, 0.4) is 0 Å². The molecule has 2 aromatic rings. The van der Waals surface area contributed by atoms with Gasteiger partial charge in [-0.05, 0) is 31.0 Å². The molecule has 4 rings (SSSR count). The van der Waals surface area contributed by atoms with Crippen LogP contribution in [0, 0.1) is 0 Å². The molecule has 2 aliphatic heterocycles. The van der Waals surface area contributed by atoms with Gasteiger partial charge in [0.2, 0.25) is 5.91 Å². The maximum Gasteiger partial charge on any atom is 0.227 e. The summed E-state index contributed by atoms with van der Waals surface area (Å²) in [4.78, 5) is 23.3. The lowest BCUT2D eigenvalue weighted by Gasteiger charge is -2.36. The van der Waals surface area contributed by atoms with E-state index in [1.807, 2.05) is 23.1 Å². The van der Waals surface area contributed by atoms with E-state index in [0.29, 0.717) is 13.0 Å². The van der Waals surface area contributed by atoms with Crippen LogP contribution in [0.15, 0.2) is 46.1 Å². The molecule has 0 aliphatic carbocycles. The summed E-state index contributed by atoms with van der Waals surface area (Å²) >= 11 is 0. The topological polar surface area (TPSA) is 77.2 Å². The highest BCUT2D eigenvalue weighted by molar-refractivity contribution is 14.0. The maximum atomic E-state index is 11.9. The van der Waals surface area contributed by atoms with Gasteiger partial charge in [0, 0.05) is 64.0 Å². The van der Waals surface area contributed by atoms with E-state index >= 15 is 0 Å². The van der Waals surface area contributed by atoms with Crippen LogP contribution in [0.2, 0.25) is 0 Å². The van der Waals surface area contributed by atoms with Gasteiger partial charge >= 0.3 is 0 Å². The van der Waals surface area contributed by atoms with Crippen LogP contribution < -0.4 is 10.2 Å². The molecule has 2 saturated heterocycles. The van der Waals surface area contributed by atoms with Crippen LogP contribution >= 0.6 is 24.0 Å². The molecule has 0 bridgehead atoms. The summed E-state index contributed by atoms with van der Waals surface area (Å²) in [6.45, 7) is 9.00. The van der Waals surface area contributed by atoms with E-state index in [2.05, 4.69) is 39.3 Å². The molecule has 168 valence electrons. The molecule has 1 amide bonds. The zero-order chi connectivity index (χ0) is 20.8. The van der Waals surface area contributed by atoms with Crippen molar-refractivity contribution in [1.82, 2.24) is 20.3 Å². The zero-order valence-corrected chi connectivity index (χ0v) is 20.3. The van der Waals surface area contributed by atoms with E-state index in [0.717, 1.165) is 75.1 Å². The molecule has 8 nitrogen and oxygen atoms in total. The second-order valence-corrected chi connectivity index (χ2v) is 7.74. The van der Waals surface area contributed by atoms with Crippen molar-refractivity contribution in [3.63, 3.8) is 0 Å². The van der Waals surface area contributed by atoms with Crippen molar-refractivity contribution in [2.75, 3.05) is 44.2 Å². The third-order valence-corrected chi connectivity index (χ3v) is 5.62. The Labute approximate surface area is 200 Å². The second-order valence-electron chi connectivity index (χ2n) is 7.74. The van der Waals surface area contributed by atoms with Crippen LogP contribution in [-0.2, 0) is 17.9 Å². The number of aliphatic imine (C=N–C) groups is 1. The molecule has 2 fully saturated rings. The minimum atomic E-state index is 0. The molecule has 2 aliphatic rings. The quantitative estimate of drug-likeness (QED) is 0.347. The van der Waals surface area contributed by atoms with Crippen molar-refractivity contribution < 1.29 is 9.32 Å². The van der Waals surface area contributed by atoms with Gasteiger partial charge in [-0.25, -0.2) is 4.99 Å². The van der Waals surface area contributed by atoms with Gasteiger partial charge in [-0.15, -0.1) is 24.0 Å². The Kier molecular flexibility index (Phi) is 8.70. The molecule has 9 heteroatoms. The number of carbonyl (C=O) groups is 1. The van der Waals surface area contributed by atoms with Crippen LogP contribution in [0.5, 0.6) is 0 Å². The average molecular weight is 538 g/mol. The number of guanidine groups is 1. The first-order valence-electron chi connectivity index (χ1n) is 10.8. The molecular weight excluding hydrogens is 507 g/mol. The Hall–Kier alpha value is -2.14. The first kappa shape index (κ1) is 23.5. The van der Waals surface area contributed by atoms with E-state index in [-0.39, 0.29) is 29.9 Å². The normalized spacial score (nSPS) is 17.7. The van der Waals surface area contributed by atoms with Gasteiger partial charge in [0.1, 0.15) is 6.26 Å². The summed E-state index contributed by atoms with van der Waals surface area (Å²) in [5.41, 5.74) is 3.11. The van der Waals surface area contributed by atoms with Crippen LogP contribution in [-0.4, -0.2) is 66.1 Å². The second kappa shape index (κ2) is 11.5. The standard InChI is InChI=1S/C22H30N6O2.HI/c1-2-23-22(27-13-11-26(12-14-27)17-19-9-15-30-25-19)24-16-18-5-7-20(8-6-18)28-10-3-4-21(28)29;/h5-9,15H,2-4,10-14,16-17H2,1H3,(H,23,24);1H. The van der Waals surface area contributed by atoms with Gasteiger partial charge in [0.25, 0.3) is 0 Å². The van der Waals surface area contributed by atoms with Gasteiger partial charge in [-0.2, -0.15) is 0 Å². The third kappa shape index (κ3) is 6.19. The zero-order valence-electron chi connectivity index (χ0n) is 18.0. The fraction of sp³-hybridized carbons (Fsp3) is 0.500. The average Bonchev–Trinajstić information content (AvgIpc) is 3.44. The van der Waals surface area contributed by atoms with Gasteiger partial charge in [0.05, 0.1) is 12.2 Å². The molecule has 0 saturated carbocycles. The Balaban J connectivity index is 0.00000272. The summed E-state index contributed by atoms with van der Waals surface area (Å²) in [5, 5.41) is 7.43. The van der Waals surface area contributed by atoms with Gasteiger partial charge < -0.3 is 19.6 Å². The number of hydrogen-bond donors (Lipinski definition) is 1.